The molecule has 4 rings (SSSR count). The van der Waals surface area contributed by atoms with Crippen LogP contribution in [0.5, 0.6) is 0 Å². The predicted octanol–water partition coefficient (Wildman–Crippen LogP) is 3.96. The largest absolute Gasteiger partial charge is 0.366 e. The average molecular weight is 571 g/mol. The van der Waals surface area contributed by atoms with E-state index in [-0.39, 0.29) is 16.6 Å². The van der Waals surface area contributed by atoms with Gasteiger partial charge in [0.15, 0.2) is 0 Å². The van der Waals surface area contributed by atoms with Gasteiger partial charge in [0.2, 0.25) is 10.0 Å². The van der Waals surface area contributed by atoms with Gasteiger partial charge in [0, 0.05) is 45.3 Å². The molecule has 9 nitrogen and oxygen atoms in total. The maximum Gasteiger partial charge on any atom is 0.272 e. The number of nitrogens with one attached hydrogen (secondary N) is 1. The third-order valence-electron chi connectivity index (χ3n) is 8.41. The van der Waals surface area contributed by atoms with E-state index in [0.717, 1.165) is 37.1 Å². The Bertz CT molecular complexity index is 1290. The standard InChI is InChI=1S/C30H46N6O3S/c1-21-27(32-22(2)33-28(21)31-20-23-8-10-24(11-9-23)30(3,4)5)29(37)36-16-12-25(13-17-36)35-18-14-26(15-19-35)40(38,39)34(6)7/h8-11,25-26H,12-20H2,1-7H3,(H,31,32,33). The third kappa shape index (κ3) is 6.83. The number of amides is 1. The second-order valence-electron chi connectivity index (χ2n) is 12.5. The number of aryl methyl sites for hydroxylation is 1. The molecule has 0 aliphatic carbocycles. The second kappa shape index (κ2) is 12.1. The first-order valence-corrected chi connectivity index (χ1v) is 15.9. The Hall–Kier alpha value is -2.56. The molecule has 0 saturated carbocycles. The van der Waals surface area contributed by atoms with Gasteiger partial charge in [-0.2, -0.15) is 0 Å². The molecule has 1 aromatic carbocycles. The van der Waals surface area contributed by atoms with E-state index >= 15 is 0 Å². The molecule has 10 heteroatoms. The summed E-state index contributed by atoms with van der Waals surface area (Å²) in [4.78, 5) is 27.0. The van der Waals surface area contributed by atoms with Crippen molar-refractivity contribution in [1.29, 1.82) is 0 Å². The molecule has 0 unspecified atom stereocenters. The van der Waals surface area contributed by atoms with E-state index < -0.39 is 10.0 Å². The maximum absolute atomic E-state index is 13.6. The highest BCUT2D eigenvalue weighted by atomic mass is 32.2. The zero-order chi connectivity index (χ0) is 29.2. The van der Waals surface area contributed by atoms with Crippen LogP contribution in [0.25, 0.3) is 0 Å². The molecule has 2 aliphatic heterocycles. The lowest BCUT2D eigenvalue weighted by Gasteiger charge is -2.41. The fourth-order valence-corrected chi connectivity index (χ4v) is 7.14. The number of rotatable bonds is 7. The molecule has 1 N–H and O–H groups in total. The summed E-state index contributed by atoms with van der Waals surface area (Å²) in [6.07, 6.45) is 3.09. The van der Waals surface area contributed by atoms with Crippen molar-refractivity contribution in [2.24, 2.45) is 0 Å². The highest BCUT2D eigenvalue weighted by Gasteiger charge is 2.35. The van der Waals surface area contributed by atoms with Gasteiger partial charge in [0.25, 0.3) is 5.91 Å². The minimum absolute atomic E-state index is 0.0465. The van der Waals surface area contributed by atoms with Crippen molar-refractivity contribution in [3.05, 3.63) is 52.5 Å². The van der Waals surface area contributed by atoms with Gasteiger partial charge >= 0.3 is 0 Å². The number of nitrogens with zero attached hydrogens (tertiary/aromatic N) is 5. The minimum atomic E-state index is -3.21. The van der Waals surface area contributed by atoms with Gasteiger partial charge in [-0.05, 0) is 69.2 Å². The second-order valence-corrected chi connectivity index (χ2v) is 14.9. The van der Waals surface area contributed by atoms with Crippen LogP contribution in [0.2, 0.25) is 0 Å². The van der Waals surface area contributed by atoms with E-state index in [9.17, 15) is 13.2 Å². The van der Waals surface area contributed by atoms with Crippen LogP contribution in [0.4, 0.5) is 5.82 Å². The molecular weight excluding hydrogens is 524 g/mol. The number of benzene rings is 1. The van der Waals surface area contributed by atoms with Crippen molar-refractivity contribution in [2.45, 2.75) is 83.6 Å². The zero-order valence-electron chi connectivity index (χ0n) is 25.2. The number of carbonyl (C=O) groups is 1. The smallest absolute Gasteiger partial charge is 0.272 e. The van der Waals surface area contributed by atoms with Crippen molar-refractivity contribution >= 4 is 21.7 Å². The highest BCUT2D eigenvalue weighted by Crippen LogP contribution is 2.27. The van der Waals surface area contributed by atoms with Crippen molar-refractivity contribution < 1.29 is 13.2 Å². The molecule has 2 fully saturated rings. The van der Waals surface area contributed by atoms with Crippen molar-refractivity contribution in [1.82, 2.24) is 24.1 Å². The van der Waals surface area contributed by atoms with Crippen LogP contribution >= 0.6 is 0 Å². The highest BCUT2D eigenvalue weighted by molar-refractivity contribution is 7.89. The van der Waals surface area contributed by atoms with Gasteiger partial charge in [-0.1, -0.05) is 45.0 Å². The van der Waals surface area contributed by atoms with Crippen LogP contribution in [-0.2, 0) is 22.0 Å². The molecule has 40 heavy (non-hydrogen) atoms. The lowest BCUT2D eigenvalue weighted by atomic mass is 9.87. The normalized spacial score (nSPS) is 18.4. The Morgan fingerprint density at radius 1 is 0.975 bits per heavy atom. The monoisotopic (exact) mass is 570 g/mol. The molecule has 2 aromatic rings. The summed E-state index contributed by atoms with van der Waals surface area (Å²) in [5, 5.41) is 3.13. The Labute approximate surface area is 240 Å². The van der Waals surface area contributed by atoms with Gasteiger partial charge in [-0.3, -0.25) is 4.79 Å². The topological polar surface area (TPSA) is 98.7 Å². The third-order valence-corrected chi connectivity index (χ3v) is 10.7. The first kappa shape index (κ1) is 30.4. The van der Waals surface area contributed by atoms with Gasteiger partial charge in [0.05, 0.1) is 5.25 Å². The molecule has 1 aromatic heterocycles. The Balaban J connectivity index is 1.34. The van der Waals surface area contributed by atoms with E-state index in [1.54, 1.807) is 14.1 Å². The first-order chi connectivity index (χ1) is 18.8. The summed E-state index contributed by atoms with van der Waals surface area (Å²) in [5.74, 6) is 1.22. The Kier molecular flexibility index (Phi) is 9.21. The summed E-state index contributed by atoms with van der Waals surface area (Å²) < 4.78 is 26.4. The number of hydrogen-bond donors (Lipinski definition) is 1. The van der Waals surface area contributed by atoms with Crippen molar-refractivity contribution in [2.75, 3.05) is 45.6 Å². The van der Waals surface area contributed by atoms with Crippen LogP contribution in [0.3, 0.4) is 0 Å². The number of sulfonamides is 1. The fraction of sp³-hybridized carbons (Fsp3) is 0.633. The quantitative estimate of drug-likeness (QED) is 0.538. The first-order valence-electron chi connectivity index (χ1n) is 14.4. The fourth-order valence-electron chi connectivity index (χ4n) is 5.74. The van der Waals surface area contributed by atoms with Gasteiger partial charge in [0.1, 0.15) is 17.3 Å². The van der Waals surface area contributed by atoms with Crippen LogP contribution in [0.1, 0.15) is 79.5 Å². The lowest BCUT2D eigenvalue weighted by Crippen LogP contribution is -2.51. The zero-order valence-corrected chi connectivity index (χ0v) is 26.0. The molecule has 0 atom stereocenters. The Morgan fingerprint density at radius 3 is 2.12 bits per heavy atom. The van der Waals surface area contributed by atoms with E-state index in [0.29, 0.717) is 55.9 Å². The predicted molar refractivity (Wildman–Crippen MR) is 160 cm³/mol. The van der Waals surface area contributed by atoms with Crippen LogP contribution in [-0.4, -0.2) is 90.0 Å². The molecule has 220 valence electrons. The van der Waals surface area contributed by atoms with E-state index in [1.165, 1.54) is 9.87 Å². The number of piperidine rings is 2. The summed E-state index contributed by atoms with van der Waals surface area (Å²) >= 11 is 0. The van der Waals surface area contributed by atoms with E-state index in [4.69, 9.17) is 0 Å². The molecule has 0 spiro atoms. The van der Waals surface area contributed by atoms with Crippen LogP contribution < -0.4 is 5.32 Å². The molecule has 1 amide bonds. The van der Waals surface area contributed by atoms with Crippen molar-refractivity contribution in [3.8, 4) is 0 Å². The molecular formula is C30H46N6O3S. The van der Waals surface area contributed by atoms with E-state index in [1.807, 2.05) is 18.7 Å². The van der Waals surface area contributed by atoms with Crippen LogP contribution in [0.15, 0.2) is 24.3 Å². The van der Waals surface area contributed by atoms with Gasteiger partial charge in [-0.15, -0.1) is 0 Å². The summed E-state index contributed by atoms with van der Waals surface area (Å²) in [6.45, 7) is 13.9. The van der Waals surface area contributed by atoms with Crippen molar-refractivity contribution in [3.63, 3.8) is 0 Å². The lowest BCUT2D eigenvalue weighted by molar-refractivity contribution is 0.0584. The summed E-state index contributed by atoms with van der Waals surface area (Å²) in [5.41, 5.74) is 3.80. The molecule has 0 radical (unpaired) electrons. The van der Waals surface area contributed by atoms with Gasteiger partial charge in [-0.25, -0.2) is 22.7 Å². The van der Waals surface area contributed by atoms with Crippen LogP contribution in [0, 0.1) is 13.8 Å². The SMILES string of the molecule is Cc1nc(NCc2ccc(C(C)(C)C)cc2)c(C)c(C(=O)N2CCC(N3CCC(S(=O)(=O)N(C)C)CC3)CC2)n1. The summed E-state index contributed by atoms with van der Waals surface area (Å²) in [6, 6.07) is 8.99. The van der Waals surface area contributed by atoms with Gasteiger partial charge < -0.3 is 15.1 Å². The number of anilines is 1. The number of likely N-dealkylation sites (tertiary alicyclic amines) is 2. The van der Waals surface area contributed by atoms with E-state index in [2.05, 4.69) is 65.2 Å². The number of hydrogen-bond acceptors (Lipinski definition) is 7. The Morgan fingerprint density at radius 2 is 1.57 bits per heavy atom. The molecule has 2 aliphatic rings. The minimum Gasteiger partial charge on any atom is -0.366 e. The number of aromatic nitrogens is 2. The molecule has 2 saturated heterocycles. The number of carbonyl (C=O) groups excluding carboxylic acids is 1. The molecule has 0 bridgehead atoms. The summed E-state index contributed by atoms with van der Waals surface area (Å²) in [7, 11) is 0.0153. The average Bonchev–Trinajstić information content (AvgIpc) is 2.92. The molecule has 3 heterocycles. The maximum atomic E-state index is 13.6.